The summed E-state index contributed by atoms with van der Waals surface area (Å²) in [6, 6.07) is 7.55. The lowest BCUT2D eigenvalue weighted by Gasteiger charge is -2.33. The normalized spacial score (nSPS) is 18.9. The van der Waals surface area contributed by atoms with E-state index in [1.165, 1.54) is 12.8 Å². The third kappa shape index (κ3) is 4.13. The van der Waals surface area contributed by atoms with Gasteiger partial charge in [-0.25, -0.2) is 9.97 Å². The number of anilines is 1. The highest BCUT2D eigenvalue weighted by Crippen LogP contribution is 2.34. The number of pyridine rings is 2. The standard InChI is InChI=1S/C24H26N6O/c31-23(18-7-10-25-11-8-18)30-14-4-6-20(17-30)22-21(19-5-3-9-26-15-19)16-27-24(28-22)29-12-1-2-13-29/h3,5,7-11,15-16,20H,1-2,4,6,12-14,17H2/t20-/m1/s1. The van der Waals surface area contributed by atoms with Gasteiger partial charge in [0.15, 0.2) is 0 Å². The van der Waals surface area contributed by atoms with Gasteiger partial charge in [-0.3, -0.25) is 14.8 Å². The molecule has 0 aliphatic carbocycles. The number of hydrogen-bond acceptors (Lipinski definition) is 6. The molecule has 0 N–H and O–H groups in total. The molecule has 0 saturated carbocycles. The largest absolute Gasteiger partial charge is 0.341 e. The molecule has 5 rings (SSSR count). The van der Waals surface area contributed by atoms with Gasteiger partial charge >= 0.3 is 0 Å². The van der Waals surface area contributed by atoms with Crippen molar-refractivity contribution in [2.24, 2.45) is 0 Å². The van der Waals surface area contributed by atoms with Gasteiger partial charge in [0.25, 0.3) is 5.91 Å². The van der Waals surface area contributed by atoms with E-state index in [1.807, 2.05) is 29.4 Å². The van der Waals surface area contributed by atoms with Crippen molar-refractivity contribution in [1.82, 2.24) is 24.8 Å². The van der Waals surface area contributed by atoms with Gasteiger partial charge in [-0.1, -0.05) is 6.07 Å². The van der Waals surface area contributed by atoms with Gasteiger partial charge in [0.2, 0.25) is 5.95 Å². The quantitative estimate of drug-likeness (QED) is 0.650. The van der Waals surface area contributed by atoms with Crippen molar-refractivity contribution in [3.63, 3.8) is 0 Å². The molecule has 0 bridgehead atoms. The number of hydrogen-bond donors (Lipinski definition) is 0. The summed E-state index contributed by atoms with van der Waals surface area (Å²) < 4.78 is 0. The van der Waals surface area contributed by atoms with E-state index < -0.39 is 0 Å². The SMILES string of the molecule is O=C(c1ccncc1)N1CCC[C@@H](c2nc(N3CCCC3)ncc2-c2cccnc2)C1. The Labute approximate surface area is 182 Å². The molecule has 0 spiro atoms. The number of amides is 1. The minimum Gasteiger partial charge on any atom is -0.341 e. The summed E-state index contributed by atoms with van der Waals surface area (Å²) in [5.74, 6) is 1.03. The molecule has 2 fully saturated rings. The molecule has 1 amide bonds. The molecule has 1 atom stereocenters. The van der Waals surface area contributed by atoms with Crippen molar-refractivity contribution in [3.8, 4) is 11.1 Å². The van der Waals surface area contributed by atoms with Gasteiger partial charge in [0.05, 0.1) is 5.69 Å². The van der Waals surface area contributed by atoms with E-state index >= 15 is 0 Å². The average Bonchev–Trinajstić information content (AvgIpc) is 3.39. The molecule has 31 heavy (non-hydrogen) atoms. The van der Waals surface area contributed by atoms with Crippen LogP contribution in [0, 0.1) is 0 Å². The third-order valence-electron chi connectivity index (χ3n) is 6.19. The van der Waals surface area contributed by atoms with Gasteiger partial charge in [-0.05, 0) is 43.9 Å². The second-order valence-corrected chi connectivity index (χ2v) is 8.23. The van der Waals surface area contributed by atoms with Crippen LogP contribution in [0.5, 0.6) is 0 Å². The summed E-state index contributed by atoms with van der Waals surface area (Å²) in [5.41, 5.74) is 3.74. The molecule has 0 radical (unpaired) electrons. The Morgan fingerprint density at radius 3 is 2.55 bits per heavy atom. The highest BCUT2D eigenvalue weighted by Gasteiger charge is 2.29. The Morgan fingerprint density at radius 1 is 0.935 bits per heavy atom. The number of nitrogens with zero attached hydrogens (tertiary/aromatic N) is 6. The van der Waals surface area contributed by atoms with E-state index in [1.54, 1.807) is 30.7 Å². The lowest BCUT2D eigenvalue weighted by atomic mass is 9.90. The molecule has 5 heterocycles. The fourth-order valence-electron chi connectivity index (χ4n) is 4.57. The maximum absolute atomic E-state index is 13.1. The van der Waals surface area contributed by atoms with Crippen LogP contribution in [0.25, 0.3) is 11.1 Å². The minimum absolute atomic E-state index is 0.0591. The zero-order valence-corrected chi connectivity index (χ0v) is 17.5. The molecule has 0 aromatic carbocycles. The molecule has 3 aromatic heterocycles. The zero-order chi connectivity index (χ0) is 21.0. The maximum Gasteiger partial charge on any atom is 0.253 e. The Kier molecular flexibility index (Phi) is 5.56. The predicted octanol–water partition coefficient (Wildman–Crippen LogP) is 3.55. The van der Waals surface area contributed by atoms with Gasteiger partial charge in [-0.15, -0.1) is 0 Å². The number of rotatable bonds is 4. The van der Waals surface area contributed by atoms with Crippen LogP contribution in [0.3, 0.4) is 0 Å². The van der Waals surface area contributed by atoms with Crippen molar-refractivity contribution < 1.29 is 4.79 Å². The highest BCUT2D eigenvalue weighted by atomic mass is 16.2. The zero-order valence-electron chi connectivity index (χ0n) is 17.5. The second kappa shape index (κ2) is 8.79. The Balaban J connectivity index is 1.48. The molecule has 3 aromatic rings. The fraction of sp³-hybridized carbons (Fsp3) is 0.375. The van der Waals surface area contributed by atoms with Crippen molar-refractivity contribution in [3.05, 3.63) is 66.5 Å². The summed E-state index contributed by atoms with van der Waals surface area (Å²) in [6.07, 6.45) is 13.2. The van der Waals surface area contributed by atoms with Crippen LogP contribution in [0.4, 0.5) is 5.95 Å². The topological polar surface area (TPSA) is 75.1 Å². The van der Waals surface area contributed by atoms with Crippen LogP contribution in [-0.2, 0) is 0 Å². The number of piperidine rings is 1. The Morgan fingerprint density at radius 2 is 1.77 bits per heavy atom. The van der Waals surface area contributed by atoms with E-state index in [-0.39, 0.29) is 11.8 Å². The van der Waals surface area contributed by atoms with E-state index in [2.05, 4.69) is 14.9 Å². The first-order chi connectivity index (χ1) is 15.3. The van der Waals surface area contributed by atoms with E-state index in [4.69, 9.17) is 9.97 Å². The Bertz CT molecular complexity index is 1040. The van der Waals surface area contributed by atoms with Crippen LogP contribution in [0.1, 0.15) is 47.7 Å². The van der Waals surface area contributed by atoms with Gasteiger partial charge < -0.3 is 9.80 Å². The lowest BCUT2D eigenvalue weighted by molar-refractivity contribution is 0.0706. The number of aromatic nitrogens is 4. The highest BCUT2D eigenvalue weighted by molar-refractivity contribution is 5.94. The first-order valence-electron chi connectivity index (χ1n) is 11.0. The molecular weight excluding hydrogens is 388 g/mol. The van der Waals surface area contributed by atoms with Crippen LogP contribution in [0.2, 0.25) is 0 Å². The van der Waals surface area contributed by atoms with Gasteiger partial charge in [0, 0.05) is 79.8 Å². The third-order valence-corrected chi connectivity index (χ3v) is 6.19. The number of likely N-dealkylation sites (tertiary alicyclic amines) is 1. The van der Waals surface area contributed by atoms with Crippen LogP contribution < -0.4 is 4.90 Å². The Hall–Kier alpha value is -3.35. The van der Waals surface area contributed by atoms with Gasteiger partial charge in [-0.2, -0.15) is 0 Å². The van der Waals surface area contributed by atoms with E-state index in [9.17, 15) is 4.79 Å². The number of carbonyl (C=O) groups is 1. The molecule has 7 nitrogen and oxygen atoms in total. The lowest BCUT2D eigenvalue weighted by Crippen LogP contribution is -2.39. The minimum atomic E-state index is 0.0591. The van der Waals surface area contributed by atoms with Crippen molar-refractivity contribution >= 4 is 11.9 Å². The molecule has 2 aliphatic rings. The molecule has 7 heteroatoms. The smallest absolute Gasteiger partial charge is 0.253 e. The van der Waals surface area contributed by atoms with Crippen LogP contribution in [-0.4, -0.2) is 56.9 Å². The van der Waals surface area contributed by atoms with E-state index in [0.29, 0.717) is 12.1 Å². The van der Waals surface area contributed by atoms with Gasteiger partial charge in [0.1, 0.15) is 0 Å². The van der Waals surface area contributed by atoms with Crippen LogP contribution in [0.15, 0.2) is 55.2 Å². The van der Waals surface area contributed by atoms with Crippen molar-refractivity contribution in [2.45, 2.75) is 31.6 Å². The summed E-state index contributed by atoms with van der Waals surface area (Å²) >= 11 is 0. The molecule has 158 valence electrons. The summed E-state index contributed by atoms with van der Waals surface area (Å²) in [5, 5.41) is 0. The van der Waals surface area contributed by atoms with Crippen molar-refractivity contribution in [2.75, 3.05) is 31.1 Å². The molecule has 2 aliphatic heterocycles. The molecule has 2 saturated heterocycles. The molecule has 0 unspecified atom stereocenters. The number of carbonyl (C=O) groups excluding carboxylic acids is 1. The maximum atomic E-state index is 13.1. The fourth-order valence-corrected chi connectivity index (χ4v) is 4.57. The van der Waals surface area contributed by atoms with E-state index in [0.717, 1.165) is 55.2 Å². The van der Waals surface area contributed by atoms with Crippen LogP contribution >= 0.6 is 0 Å². The second-order valence-electron chi connectivity index (χ2n) is 8.23. The predicted molar refractivity (Wildman–Crippen MR) is 119 cm³/mol. The van der Waals surface area contributed by atoms with Crippen molar-refractivity contribution in [1.29, 1.82) is 0 Å². The first-order valence-corrected chi connectivity index (χ1v) is 11.0. The summed E-state index contributed by atoms with van der Waals surface area (Å²) in [7, 11) is 0. The average molecular weight is 415 g/mol. The first kappa shape index (κ1) is 19.6. The summed E-state index contributed by atoms with van der Waals surface area (Å²) in [4.78, 5) is 35.3. The molecular formula is C24H26N6O. The monoisotopic (exact) mass is 414 g/mol. The summed E-state index contributed by atoms with van der Waals surface area (Å²) in [6.45, 7) is 3.43.